The van der Waals surface area contributed by atoms with Crippen LogP contribution in [0.5, 0.6) is 0 Å². The maximum Gasteiger partial charge on any atom is 0.259 e. The highest BCUT2D eigenvalue weighted by atomic mass is 19.1. The molecule has 172 valence electrons. The van der Waals surface area contributed by atoms with E-state index in [0.717, 1.165) is 18.5 Å². The van der Waals surface area contributed by atoms with Gasteiger partial charge in [-0.3, -0.25) is 4.79 Å². The zero-order valence-corrected chi connectivity index (χ0v) is 18.4. The van der Waals surface area contributed by atoms with Crippen molar-refractivity contribution in [2.24, 2.45) is 0 Å². The average molecular weight is 461 g/mol. The molecule has 0 radical (unpaired) electrons. The topological polar surface area (TPSA) is 90.5 Å². The van der Waals surface area contributed by atoms with E-state index in [1.807, 2.05) is 10.8 Å². The Morgan fingerprint density at radius 1 is 1.21 bits per heavy atom. The van der Waals surface area contributed by atoms with Gasteiger partial charge in [0.2, 0.25) is 0 Å². The lowest BCUT2D eigenvalue weighted by atomic mass is 10.1. The van der Waals surface area contributed by atoms with E-state index in [9.17, 15) is 13.6 Å². The standard InChI is InChI=1S/C24H21F2N7O/c1-13-7-17(26)16(9-20(13)32-11-19(27-12-32)14-5-6-14)24(34)29-21-4-2-3-18(28-21)23-31-30-22-8-15(25)10-33(22)23/h2-4,7,9,11-12,14-15H,5-6,8,10H2,1H3,(H,28,29,34)/t15-/m0/s1. The summed E-state index contributed by atoms with van der Waals surface area (Å²) in [7, 11) is 0. The molecule has 1 N–H and O–H groups in total. The Kier molecular flexibility index (Phi) is 4.75. The van der Waals surface area contributed by atoms with Gasteiger partial charge in [-0.2, -0.15) is 0 Å². The number of nitrogens with one attached hydrogen (secondary N) is 1. The highest BCUT2D eigenvalue weighted by molar-refractivity contribution is 6.04. The Morgan fingerprint density at radius 3 is 2.88 bits per heavy atom. The smallest absolute Gasteiger partial charge is 0.259 e. The molecule has 4 aromatic rings. The molecule has 1 aliphatic carbocycles. The van der Waals surface area contributed by atoms with Crippen molar-refractivity contribution in [2.45, 2.75) is 44.8 Å². The van der Waals surface area contributed by atoms with Gasteiger partial charge in [0, 0.05) is 18.5 Å². The predicted molar refractivity (Wildman–Crippen MR) is 120 cm³/mol. The van der Waals surface area contributed by atoms with Crippen LogP contribution in [0.1, 0.15) is 46.2 Å². The molecule has 1 aromatic carbocycles. The monoisotopic (exact) mass is 461 g/mol. The molecular weight excluding hydrogens is 440 g/mol. The number of carbonyl (C=O) groups is 1. The Morgan fingerprint density at radius 2 is 2.06 bits per heavy atom. The molecule has 10 heteroatoms. The fourth-order valence-corrected chi connectivity index (χ4v) is 4.31. The van der Waals surface area contributed by atoms with Gasteiger partial charge in [0.25, 0.3) is 5.91 Å². The van der Waals surface area contributed by atoms with Crippen LogP contribution < -0.4 is 5.32 Å². The van der Waals surface area contributed by atoms with Gasteiger partial charge in [0.1, 0.15) is 29.3 Å². The summed E-state index contributed by atoms with van der Waals surface area (Å²) in [6, 6.07) is 7.88. The van der Waals surface area contributed by atoms with E-state index in [1.165, 1.54) is 12.1 Å². The van der Waals surface area contributed by atoms with Gasteiger partial charge in [-0.15, -0.1) is 10.2 Å². The van der Waals surface area contributed by atoms with Crippen LogP contribution in [0.25, 0.3) is 17.2 Å². The molecule has 1 fully saturated rings. The number of amides is 1. The van der Waals surface area contributed by atoms with Crippen molar-refractivity contribution in [3.63, 3.8) is 0 Å². The molecule has 0 spiro atoms. The summed E-state index contributed by atoms with van der Waals surface area (Å²) in [6.45, 7) is 1.96. The van der Waals surface area contributed by atoms with Gasteiger partial charge in [0.05, 0.1) is 29.8 Å². The molecule has 8 nitrogen and oxygen atoms in total. The number of aryl methyl sites for hydroxylation is 1. The minimum Gasteiger partial charge on any atom is -0.307 e. The Bertz CT molecular complexity index is 1420. The molecular formula is C24H21F2N7O. The van der Waals surface area contributed by atoms with E-state index in [0.29, 0.717) is 34.5 Å². The lowest BCUT2D eigenvalue weighted by Gasteiger charge is -2.12. The number of nitrogens with zero attached hydrogens (tertiary/aromatic N) is 6. The molecule has 3 aromatic heterocycles. The third kappa shape index (κ3) is 3.64. The second kappa shape index (κ2) is 7.82. The van der Waals surface area contributed by atoms with E-state index in [4.69, 9.17) is 0 Å². The number of anilines is 1. The molecule has 4 heterocycles. The number of pyridine rings is 1. The number of hydrogen-bond acceptors (Lipinski definition) is 5. The Hall–Kier alpha value is -3.95. The van der Waals surface area contributed by atoms with Crippen LogP contribution in [0, 0.1) is 12.7 Å². The van der Waals surface area contributed by atoms with Crippen molar-refractivity contribution in [3.8, 4) is 17.2 Å². The van der Waals surface area contributed by atoms with Gasteiger partial charge >= 0.3 is 0 Å². The Labute approximate surface area is 193 Å². The van der Waals surface area contributed by atoms with E-state index in [-0.39, 0.29) is 24.3 Å². The number of halogens is 2. The lowest BCUT2D eigenvalue weighted by molar-refractivity contribution is 0.102. The summed E-state index contributed by atoms with van der Waals surface area (Å²) in [4.78, 5) is 21.9. The molecule has 34 heavy (non-hydrogen) atoms. The van der Waals surface area contributed by atoms with Crippen LogP contribution in [0.2, 0.25) is 0 Å². The number of alkyl halides is 1. The van der Waals surface area contributed by atoms with Crippen LogP contribution >= 0.6 is 0 Å². The summed E-state index contributed by atoms with van der Waals surface area (Å²) >= 11 is 0. The third-order valence-corrected chi connectivity index (χ3v) is 6.24. The van der Waals surface area contributed by atoms with E-state index in [1.54, 1.807) is 36.0 Å². The van der Waals surface area contributed by atoms with Crippen molar-refractivity contribution >= 4 is 11.7 Å². The first-order chi connectivity index (χ1) is 16.5. The van der Waals surface area contributed by atoms with Crippen molar-refractivity contribution in [2.75, 3.05) is 5.32 Å². The van der Waals surface area contributed by atoms with Crippen molar-refractivity contribution < 1.29 is 13.6 Å². The van der Waals surface area contributed by atoms with Gasteiger partial charge in [0.15, 0.2) is 5.82 Å². The highest BCUT2D eigenvalue weighted by Crippen LogP contribution is 2.39. The molecule has 1 amide bonds. The van der Waals surface area contributed by atoms with Gasteiger partial charge in [-0.25, -0.2) is 18.7 Å². The van der Waals surface area contributed by atoms with E-state index in [2.05, 4.69) is 25.5 Å². The summed E-state index contributed by atoms with van der Waals surface area (Å²) in [6.07, 6.45) is 5.11. The molecule has 0 unspecified atom stereocenters. The molecule has 1 aliphatic heterocycles. The number of carbonyl (C=O) groups excluding carboxylic acids is 1. The SMILES string of the molecule is Cc1cc(F)c(C(=O)Nc2cccc(-c3nnc4n3C[C@@H](F)C4)n2)cc1-n1cnc(C2CC2)c1. The molecule has 0 saturated heterocycles. The third-order valence-electron chi connectivity index (χ3n) is 6.24. The van der Waals surface area contributed by atoms with E-state index < -0.39 is 17.9 Å². The first kappa shape index (κ1) is 20.6. The second-order valence-corrected chi connectivity index (χ2v) is 8.81. The van der Waals surface area contributed by atoms with Gasteiger partial charge in [-0.1, -0.05) is 6.07 Å². The normalized spacial score (nSPS) is 17.1. The van der Waals surface area contributed by atoms with Gasteiger partial charge < -0.3 is 14.5 Å². The van der Waals surface area contributed by atoms with Crippen LogP contribution in [-0.4, -0.2) is 41.4 Å². The maximum atomic E-state index is 14.8. The minimum absolute atomic E-state index is 0.0990. The first-order valence-corrected chi connectivity index (χ1v) is 11.2. The molecule has 6 rings (SSSR count). The molecule has 0 bridgehead atoms. The van der Waals surface area contributed by atoms with Crippen LogP contribution in [0.3, 0.4) is 0 Å². The summed E-state index contributed by atoms with van der Waals surface area (Å²) in [5, 5.41) is 10.8. The number of rotatable bonds is 5. The quantitative estimate of drug-likeness (QED) is 0.485. The zero-order chi connectivity index (χ0) is 23.4. The number of benzene rings is 1. The largest absolute Gasteiger partial charge is 0.307 e. The fraction of sp³-hybridized carbons (Fsp3) is 0.292. The average Bonchev–Trinajstić information content (AvgIpc) is 3.23. The molecule has 1 atom stereocenters. The summed E-state index contributed by atoms with van der Waals surface area (Å²) < 4.78 is 32.0. The zero-order valence-electron chi connectivity index (χ0n) is 18.4. The number of fused-ring (bicyclic) bond motifs is 1. The van der Waals surface area contributed by atoms with E-state index >= 15 is 0 Å². The first-order valence-electron chi connectivity index (χ1n) is 11.2. The van der Waals surface area contributed by atoms with Crippen molar-refractivity contribution in [1.82, 2.24) is 29.3 Å². The van der Waals surface area contributed by atoms with Crippen LogP contribution in [0.15, 0.2) is 42.9 Å². The lowest BCUT2D eigenvalue weighted by Crippen LogP contribution is -2.16. The summed E-state index contributed by atoms with van der Waals surface area (Å²) in [5.74, 6) is 0.474. The minimum atomic E-state index is -0.998. The maximum absolute atomic E-state index is 14.8. The second-order valence-electron chi connectivity index (χ2n) is 8.81. The highest BCUT2D eigenvalue weighted by Gasteiger charge is 2.27. The number of hydrogen-bond donors (Lipinski definition) is 1. The van der Waals surface area contributed by atoms with Crippen LogP contribution in [0.4, 0.5) is 14.6 Å². The number of aromatic nitrogens is 6. The van der Waals surface area contributed by atoms with Gasteiger partial charge in [-0.05, 0) is 49.6 Å². The fourth-order valence-electron chi connectivity index (χ4n) is 4.31. The van der Waals surface area contributed by atoms with Crippen molar-refractivity contribution in [1.29, 1.82) is 0 Å². The summed E-state index contributed by atoms with van der Waals surface area (Å²) in [5.41, 5.74) is 2.74. The van der Waals surface area contributed by atoms with Crippen LogP contribution in [-0.2, 0) is 13.0 Å². The Balaban J connectivity index is 1.27. The molecule has 2 aliphatic rings. The predicted octanol–water partition coefficient (Wildman–Crippen LogP) is 4.00. The number of imidazole rings is 1. The molecule has 1 saturated carbocycles. The van der Waals surface area contributed by atoms with Crippen molar-refractivity contribution in [3.05, 3.63) is 71.3 Å².